The van der Waals surface area contributed by atoms with Crippen molar-refractivity contribution in [2.45, 2.75) is 45.1 Å². The van der Waals surface area contributed by atoms with E-state index in [0.717, 1.165) is 18.5 Å². The highest BCUT2D eigenvalue weighted by atomic mass is 16.6. The number of fused-ring (bicyclic) bond motifs is 1. The number of benzene rings is 2. The topological polar surface area (TPSA) is 84.7 Å². The fraction of sp³-hybridized carbons (Fsp3) is 0.375. The second-order valence-corrected chi connectivity index (χ2v) is 8.95. The van der Waals surface area contributed by atoms with E-state index in [1.807, 2.05) is 45.0 Å². The van der Waals surface area contributed by atoms with Crippen LogP contribution in [0.1, 0.15) is 45.1 Å². The Labute approximate surface area is 180 Å². The van der Waals surface area contributed by atoms with Crippen molar-refractivity contribution in [2.75, 3.05) is 13.1 Å². The van der Waals surface area contributed by atoms with Crippen molar-refractivity contribution in [3.63, 3.8) is 0 Å². The third-order valence-electron chi connectivity index (χ3n) is 5.53. The van der Waals surface area contributed by atoms with E-state index >= 15 is 0 Å². The Morgan fingerprint density at radius 2 is 1.77 bits per heavy atom. The Morgan fingerprint density at radius 3 is 2.42 bits per heavy atom. The van der Waals surface area contributed by atoms with Crippen LogP contribution < -0.4 is 5.56 Å². The normalized spacial score (nSPS) is 15.3. The van der Waals surface area contributed by atoms with Gasteiger partial charge in [-0.2, -0.15) is 0 Å². The number of aromatic nitrogens is 2. The Hall–Kier alpha value is -3.35. The molecule has 0 aliphatic carbocycles. The summed E-state index contributed by atoms with van der Waals surface area (Å²) in [7, 11) is 0. The van der Waals surface area contributed by atoms with Crippen LogP contribution in [-0.2, 0) is 4.74 Å². The highest BCUT2D eigenvalue weighted by Crippen LogP contribution is 2.29. The highest BCUT2D eigenvalue weighted by molar-refractivity contribution is 5.79. The Bertz CT molecular complexity index is 1150. The molecule has 1 fully saturated rings. The number of ether oxygens (including phenoxy) is 1. The van der Waals surface area contributed by atoms with Gasteiger partial charge in [0, 0.05) is 13.1 Å². The van der Waals surface area contributed by atoms with Crippen LogP contribution in [-0.4, -0.2) is 44.3 Å². The zero-order chi connectivity index (χ0) is 22.2. The highest BCUT2D eigenvalue weighted by Gasteiger charge is 2.27. The molecule has 7 nitrogen and oxygen atoms in total. The fourth-order valence-corrected chi connectivity index (χ4v) is 3.92. The molecule has 0 radical (unpaired) electrons. The van der Waals surface area contributed by atoms with E-state index < -0.39 is 5.60 Å². The lowest BCUT2D eigenvalue weighted by atomic mass is 9.89. The van der Waals surface area contributed by atoms with E-state index in [0.29, 0.717) is 29.9 Å². The van der Waals surface area contributed by atoms with Crippen LogP contribution in [0.2, 0.25) is 0 Å². The number of carbonyl (C=O) groups excluding carboxylic acids is 1. The minimum Gasteiger partial charge on any atom is -0.508 e. The van der Waals surface area contributed by atoms with Gasteiger partial charge in [0.2, 0.25) is 0 Å². The van der Waals surface area contributed by atoms with Crippen molar-refractivity contribution >= 4 is 17.0 Å². The smallest absolute Gasteiger partial charge is 0.410 e. The molecule has 2 heterocycles. The lowest BCUT2D eigenvalue weighted by molar-refractivity contribution is 0.0205. The summed E-state index contributed by atoms with van der Waals surface area (Å²) in [6.07, 6.45) is 3.00. The Kier molecular flexibility index (Phi) is 5.43. The van der Waals surface area contributed by atoms with Crippen molar-refractivity contribution in [3.05, 3.63) is 64.7 Å². The van der Waals surface area contributed by atoms with Gasteiger partial charge < -0.3 is 14.7 Å². The molecule has 4 rings (SSSR count). The van der Waals surface area contributed by atoms with Gasteiger partial charge >= 0.3 is 6.09 Å². The number of nitrogens with zero attached hydrogens (tertiary/aromatic N) is 3. The molecule has 0 saturated carbocycles. The third-order valence-corrected chi connectivity index (χ3v) is 5.53. The zero-order valence-corrected chi connectivity index (χ0v) is 18.0. The van der Waals surface area contributed by atoms with Crippen LogP contribution in [0.4, 0.5) is 4.79 Å². The molecule has 1 aliphatic heterocycles. The molecule has 2 aromatic carbocycles. The molecule has 0 unspecified atom stereocenters. The van der Waals surface area contributed by atoms with Crippen LogP contribution in [0.15, 0.2) is 53.6 Å². The van der Waals surface area contributed by atoms with Gasteiger partial charge in [-0.3, -0.25) is 9.36 Å². The predicted octanol–water partition coefficient (Wildman–Crippen LogP) is 4.21. The van der Waals surface area contributed by atoms with Crippen LogP contribution >= 0.6 is 0 Å². The van der Waals surface area contributed by atoms with E-state index in [-0.39, 0.29) is 17.4 Å². The van der Waals surface area contributed by atoms with E-state index in [2.05, 4.69) is 4.98 Å². The molecule has 3 aromatic rings. The summed E-state index contributed by atoms with van der Waals surface area (Å²) in [6, 6.07) is 12.5. The van der Waals surface area contributed by atoms with Crippen LogP contribution in [0, 0.1) is 0 Å². The first-order valence-electron chi connectivity index (χ1n) is 10.5. The molecule has 1 saturated heterocycles. The summed E-state index contributed by atoms with van der Waals surface area (Å²) in [5.41, 5.74) is 1.74. The second-order valence-electron chi connectivity index (χ2n) is 8.95. The molecule has 0 bridgehead atoms. The molecule has 1 N–H and O–H groups in total. The molecule has 0 atom stereocenters. The predicted molar refractivity (Wildman–Crippen MR) is 119 cm³/mol. The minimum absolute atomic E-state index is 0.0391. The molecule has 1 aliphatic rings. The molecule has 31 heavy (non-hydrogen) atoms. The third kappa shape index (κ3) is 4.55. The summed E-state index contributed by atoms with van der Waals surface area (Å²) in [5, 5.41) is 10.1. The molecule has 0 spiro atoms. The van der Waals surface area contributed by atoms with Crippen molar-refractivity contribution in [2.24, 2.45) is 0 Å². The standard InChI is InChI=1S/C24H27N3O4/c1-24(2,3)31-23(30)26-12-10-17(11-13-26)16-4-6-18(7-5-16)27-15-25-21-9-8-19(28)14-20(21)22(27)29/h4-9,14-15,17,28H,10-13H2,1-3H3. The van der Waals surface area contributed by atoms with Gasteiger partial charge in [-0.1, -0.05) is 12.1 Å². The number of phenolic OH excluding ortho intramolecular Hbond substituents is 1. The van der Waals surface area contributed by atoms with Gasteiger partial charge in [-0.25, -0.2) is 9.78 Å². The first kappa shape index (κ1) is 20.9. The maximum absolute atomic E-state index is 12.8. The largest absolute Gasteiger partial charge is 0.508 e. The number of hydrogen-bond acceptors (Lipinski definition) is 5. The molecule has 1 aromatic heterocycles. The van der Waals surface area contributed by atoms with Gasteiger partial charge in [-0.15, -0.1) is 0 Å². The van der Waals surface area contributed by atoms with Crippen LogP contribution in [0.25, 0.3) is 16.6 Å². The van der Waals surface area contributed by atoms with Gasteiger partial charge in [0.25, 0.3) is 5.56 Å². The number of carbonyl (C=O) groups is 1. The Morgan fingerprint density at radius 1 is 1.10 bits per heavy atom. The van der Waals surface area contributed by atoms with Crippen molar-refractivity contribution < 1.29 is 14.6 Å². The van der Waals surface area contributed by atoms with E-state index in [1.165, 1.54) is 28.6 Å². The number of phenols is 1. The number of hydrogen-bond donors (Lipinski definition) is 1. The average Bonchev–Trinajstić information content (AvgIpc) is 2.74. The summed E-state index contributed by atoms with van der Waals surface area (Å²) in [5.74, 6) is 0.397. The second kappa shape index (κ2) is 8.06. The van der Waals surface area contributed by atoms with E-state index in [9.17, 15) is 14.7 Å². The van der Waals surface area contributed by atoms with Gasteiger partial charge in [0.15, 0.2) is 0 Å². The molecule has 1 amide bonds. The van der Waals surface area contributed by atoms with Gasteiger partial charge in [0.05, 0.1) is 16.6 Å². The van der Waals surface area contributed by atoms with Gasteiger partial charge in [0.1, 0.15) is 17.7 Å². The van der Waals surface area contributed by atoms with Crippen molar-refractivity contribution in [3.8, 4) is 11.4 Å². The monoisotopic (exact) mass is 421 g/mol. The minimum atomic E-state index is -0.488. The quantitative estimate of drug-likeness (QED) is 0.670. The molecular formula is C24H27N3O4. The number of piperidine rings is 1. The average molecular weight is 421 g/mol. The summed E-state index contributed by atoms with van der Waals surface area (Å²) >= 11 is 0. The van der Waals surface area contributed by atoms with Crippen molar-refractivity contribution in [1.29, 1.82) is 0 Å². The Balaban J connectivity index is 1.47. The first-order valence-corrected chi connectivity index (χ1v) is 10.5. The lowest BCUT2D eigenvalue weighted by Crippen LogP contribution is -2.41. The first-order chi connectivity index (χ1) is 14.7. The maximum atomic E-state index is 12.8. The van der Waals surface area contributed by atoms with Gasteiger partial charge in [-0.05, 0) is 75.4 Å². The maximum Gasteiger partial charge on any atom is 0.410 e. The van der Waals surface area contributed by atoms with Crippen LogP contribution in [0.3, 0.4) is 0 Å². The van der Waals surface area contributed by atoms with E-state index in [4.69, 9.17) is 4.74 Å². The summed E-state index contributed by atoms with van der Waals surface area (Å²) < 4.78 is 6.95. The number of amides is 1. The van der Waals surface area contributed by atoms with Crippen molar-refractivity contribution in [1.82, 2.24) is 14.5 Å². The molecule has 162 valence electrons. The number of rotatable bonds is 2. The summed E-state index contributed by atoms with van der Waals surface area (Å²) in [6.45, 7) is 6.95. The number of aromatic hydroxyl groups is 1. The van der Waals surface area contributed by atoms with E-state index in [1.54, 1.807) is 11.0 Å². The fourth-order valence-electron chi connectivity index (χ4n) is 3.92. The number of likely N-dealkylation sites (tertiary alicyclic amines) is 1. The molecular weight excluding hydrogens is 394 g/mol. The van der Waals surface area contributed by atoms with Crippen LogP contribution in [0.5, 0.6) is 5.75 Å². The summed E-state index contributed by atoms with van der Waals surface area (Å²) in [4.78, 5) is 31.2. The molecule has 7 heteroatoms. The SMILES string of the molecule is CC(C)(C)OC(=O)N1CCC(c2ccc(-n3cnc4ccc(O)cc4c3=O)cc2)CC1. The zero-order valence-electron chi connectivity index (χ0n) is 18.0. The lowest BCUT2D eigenvalue weighted by Gasteiger charge is -2.33.